The van der Waals surface area contributed by atoms with Crippen molar-refractivity contribution in [2.45, 2.75) is 51.7 Å². The molecule has 1 atom stereocenters. The third-order valence-electron chi connectivity index (χ3n) is 6.10. The summed E-state index contributed by atoms with van der Waals surface area (Å²) in [5.74, 6) is 0.680. The predicted molar refractivity (Wildman–Crippen MR) is 112 cm³/mol. The van der Waals surface area contributed by atoms with Gasteiger partial charge in [-0.15, -0.1) is 0 Å². The third kappa shape index (κ3) is 5.06. The number of amides is 1. The van der Waals surface area contributed by atoms with E-state index in [4.69, 9.17) is 4.42 Å². The number of piperazine rings is 1. The molecule has 156 valence electrons. The van der Waals surface area contributed by atoms with E-state index >= 15 is 0 Å². The van der Waals surface area contributed by atoms with Crippen molar-refractivity contribution in [2.24, 2.45) is 0 Å². The molecule has 2 aliphatic heterocycles. The first-order valence-corrected chi connectivity index (χ1v) is 11.0. The topological polar surface area (TPSA) is 52.8 Å². The quantitative estimate of drug-likeness (QED) is 0.718. The Labute approximate surface area is 173 Å². The molecule has 0 aliphatic carbocycles. The number of oxazole rings is 1. The molecule has 0 saturated carbocycles. The number of benzene rings is 1. The summed E-state index contributed by atoms with van der Waals surface area (Å²) < 4.78 is 5.65. The highest BCUT2D eigenvalue weighted by atomic mass is 16.3. The maximum atomic E-state index is 12.8. The van der Waals surface area contributed by atoms with E-state index in [1.54, 1.807) is 6.26 Å². The molecule has 4 rings (SSSR count). The van der Waals surface area contributed by atoms with Crippen LogP contribution in [0.5, 0.6) is 0 Å². The molecule has 0 bridgehead atoms. The van der Waals surface area contributed by atoms with E-state index in [0.29, 0.717) is 24.2 Å². The summed E-state index contributed by atoms with van der Waals surface area (Å²) in [6, 6.07) is 11.0. The summed E-state index contributed by atoms with van der Waals surface area (Å²) in [5.41, 5.74) is 1.82. The van der Waals surface area contributed by atoms with Crippen LogP contribution in [0.15, 0.2) is 41.0 Å². The largest absolute Gasteiger partial charge is 0.447 e. The predicted octanol–water partition coefficient (Wildman–Crippen LogP) is 3.40. The minimum absolute atomic E-state index is 0.0311. The van der Waals surface area contributed by atoms with Gasteiger partial charge in [-0.1, -0.05) is 43.7 Å². The molecule has 2 aromatic rings. The average molecular weight is 397 g/mol. The van der Waals surface area contributed by atoms with Gasteiger partial charge < -0.3 is 9.32 Å². The molecule has 0 spiro atoms. The van der Waals surface area contributed by atoms with Crippen molar-refractivity contribution in [3.05, 3.63) is 53.7 Å². The molecule has 1 aromatic carbocycles. The molecular weight excluding hydrogens is 364 g/mol. The van der Waals surface area contributed by atoms with Gasteiger partial charge in [0.05, 0.1) is 6.54 Å². The number of likely N-dealkylation sites (tertiary alicyclic amines) is 1. The molecule has 29 heavy (non-hydrogen) atoms. The van der Waals surface area contributed by atoms with Crippen LogP contribution in [0, 0.1) is 0 Å². The Morgan fingerprint density at radius 1 is 1.07 bits per heavy atom. The fourth-order valence-corrected chi connectivity index (χ4v) is 4.50. The van der Waals surface area contributed by atoms with Crippen molar-refractivity contribution >= 4 is 5.91 Å². The minimum atomic E-state index is 0.0311. The lowest BCUT2D eigenvalue weighted by atomic mass is 10.1. The SMILES string of the molecule is CCC[C@H]1CCCN1C(=O)c1coc(CN2CCN(Cc3ccccc3)CC2)n1. The van der Waals surface area contributed by atoms with Crippen molar-refractivity contribution < 1.29 is 9.21 Å². The van der Waals surface area contributed by atoms with Crippen molar-refractivity contribution in [3.63, 3.8) is 0 Å². The van der Waals surface area contributed by atoms with Crippen LogP contribution in [0.25, 0.3) is 0 Å². The number of hydrogen-bond donors (Lipinski definition) is 0. The second-order valence-corrected chi connectivity index (χ2v) is 8.25. The van der Waals surface area contributed by atoms with Crippen LogP contribution in [0.2, 0.25) is 0 Å². The minimum Gasteiger partial charge on any atom is -0.447 e. The molecule has 6 heteroatoms. The van der Waals surface area contributed by atoms with E-state index in [1.807, 2.05) is 4.90 Å². The van der Waals surface area contributed by atoms with Gasteiger partial charge in [-0.3, -0.25) is 14.6 Å². The average Bonchev–Trinajstić information content (AvgIpc) is 3.40. The van der Waals surface area contributed by atoms with Crippen LogP contribution in [-0.4, -0.2) is 64.4 Å². The molecule has 2 aliphatic rings. The molecule has 2 saturated heterocycles. The van der Waals surface area contributed by atoms with Crippen molar-refractivity contribution in [2.75, 3.05) is 32.7 Å². The third-order valence-corrected chi connectivity index (χ3v) is 6.10. The van der Waals surface area contributed by atoms with Crippen molar-refractivity contribution in [1.29, 1.82) is 0 Å². The van der Waals surface area contributed by atoms with Gasteiger partial charge in [-0.2, -0.15) is 0 Å². The summed E-state index contributed by atoms with van der Waals surface area (Å²) in [7, 11) is 0. The summed E-state index contributed by atoms with van der Waals surface area (Å²) >= 11 is 0. The van der Waals surface area contributed by atoms with Gasteiger partial charge in [0.15, 0.2) is 5.69 Å². The second-order valence-electron chi connectivity index (χ2n) is 8.25. The molecule has 0 N–H and O–H groups in total. The number of rotatable bonds is 7. The van der Waals surface area contributed by atoms with Crippen LogP contribution in [0.4, 0.5) is 0 Å². The van der Waals surface area contributed by atoms with Gasteiger partial charge in [0.1, 0.15) is 6.26 Å². The van der Waals surface area contributed by atoms with Gasteiger partial charge in [0.25, 0.3) is 5.91 Å². The molecule has 2 fully saturated rings. The molecule has 0 unspecified atom stereocenters. The van der Waals surface area contributed by atoms with E-state index in [0.717, 1.165) is 65.0 Å². The first-order valence-electron chi connectivity index (χ1n) is 11.0. The standard InChI is InChI=1S/C23H32N4O2/c1-2-7-20-10-6-11-27(20)23(28)21-18-29-22(24-21)17-26-14-12-25(13-15-26)16-19-8-4-3-5-9-19/h3-5,8-9,18,20H,2,6-7,10-17H2,1H3/t20-/m0/s1. The van der Waals surface area contributed by atoms with Crippen molar-refractivity contribution in [3.8, 4) is 0 Å². The zero-order valence-electron chi connectivity index (χ0n) is 17.4. The van der Waals surface area contributed by atoms with Crippen LogP contribution in [0.3, 0.4) is 0 Å². The van der Waals surface area contributed by atoms with Crippen LogP contribution in [-0.2, 0) is 13.1 Å². The van der Waals surface area contributed by atoms with Gasteiger partial charge in [-0.05, 0) is 24.8 Å². The summed E-state index contributed by atoms with van der Waals surface area (Å²) in [6.45, 7) is 8.74. The number of carbonyl (C=O) groups is 1. The Kier molecular flexibility index (Phi) is 6.62. The molecule has 1 amide bonds. The molecular formula is C23H32N4O2. The summed E-state index contributed by atoms with van der Waals surface area (Å²) in [4.78, 5) is 24.2. The highest BCUT2D eigenvalue weighted by molar-refractivity contribution is 5.92. The number of hydrogen-bond acceptors (Lipinski definition) is 5. The fraction of sp³-hybridized carbons (Fsp3) is 0.565. The molecule has 6 nitrogen and oxygen atoms in total. The Balaban J connectivity index is 1.27. The Hall–Kier alpha value is -2.18. The lowest BCUT2D eigenvalue weighted by molar-refractivity contribution is 0.0724. The van der Waals surface area contributed by atoms with Gasteiger partial charge >= 0.3 is 0 Å². The Morgan fingerprint density at radius 3 is 2.52 bits per heavy atom. The number of carbonyl (C=O) groups excluding carboxylic acids is 1. The molecule has 0 radical (unpaired) electrons. The number of nitrogens with zero attached hydrogens (tertiary/aromatic N) is 4. The highest BCUT2D eigenvalue weighted by Crippen LogP contribution is 2.23. The van der Waals surface area contributed by atoms with Gasteiger partial charge in [-0.25, -0.2) is 4.98 Å². The van der Waals surface area contributed by atoms with E-state index in [1.165, 1.54) is 5.56 Å². The summed E-state index contributed by atoms with van der Waals surface area (Å²) in [5, 5.41) is 0. The first-order chi connectivity index (χ1) is 14.2. The maximum Gasteiger partial charge on any atom is 0.276 e. The van der Waals surface area contributed by atoms with Crippen LogP contribution >= 0.6 is 0 Å². The van der Waals surface area contributed by atoms with E-state index < -0.39 is 0 Å². The number of aromatic nitrogens is 1. The lowest BCUT2D eigenvalue weighted by Gasteiger charge is -2.34. The highest BCUT2D eigenvalue weighted by Gasteiger charge is 2.30. The first kappa shape index (κ1) is 20.1. The maximum absolute atomic E-state index is 12.8. The van der Waals surface area contributed by atoms with Gasteiger partial charge in [0, 0.05) is 45.3 Å². The van der Waals surface area contributed by atoms with Crippen molar-refractivity contribution in [1.82, 2.24) is 19.7 Å². The van der Waals surface area contributed by atoms with E-state index in [-0.39, 0.29) is 5.91 Å². The lowest BCUT2D eigenvalue weighted by Crippen LogP contribution is -2.45. The zero-order chi connectivity index (χ0) is 20.1. The Morgan fingerprint density at radius 2 is 1.79 bits per heavy atom. The fourth-order valence-electron chi connectivity index (χ4n) is 4.50. The molecule has 1 aromatic heterocycles. The van der Waals surface area contributed by atoms with Gasteiger partial charge in [0.2, 0.25) is 5.89 Å². The van der Waals surface area contributed by atoms with Crippen LogP contribution in [0.1, 0.15) is 54.5 Å². The zero-order valence-corrected chi connectivity index (χ0v) is 17.4. The monoisotopic (exact) mass is 396 g/mol. The Bertz CT molecular complexity index is 783. The van der Waals surface area contributed by atoms with E-state index in [9.17, 15) is 4.79 Å². The molecule has 3 heterocycles. The van der Waals surface area contributed by atoms with Crippen LogP contribution < -0.4 is 0 Å². The second kappa shape index (κ2) is 9.55. The van der Waals surface area contributed by atoms with E-state index in [2.05, 4.69) is 52.0 Å². The normalized spacial score (nSPS) is 21.0. The summed E-state index contributed by atoms with van der Waals surface area (Å²) in [6.07, 6.45) is 5.93. The smallest absolute Gasteiger partial charge is 0.276 e.